The lowest BCUT2D eigenvalue weighted by Crippen LogP contribution is -2.33. The van der Waals surface area contributed by atoms with E-state index in [4.69, 9.17) is 4.74 Å². The van der Waals surface area contributed by atoms with Crippen molar-refractivity contribution in [2.75, 3.05) is 31.7 Å². The topological polar surface area (TPSA) is 75.6 Å². The Bertz CT molecular complexity index is 416. The number of aliphatic hydroxyl groups is 1. The van der Waals surface area contributed by atoms with Crippen LogP contribution >= 0.6 is 11.3 Å². The molecule has 0 bridgehead atoms. The molecule has 0 aromatic carbocycles. The van der Waals surface area contributed by atoms with Crippen LogP contribution in [0.5, 0.6) is 0 Å². The third-order valence-corrected chi connectivity index (χ3v) is 3.96. The second-order valence-electron chi connectivity index (χ2n) is 4.08. The van der Waals surface area contributed by atoms with Gasteiger partial charge in [-0.2, -0.15) is 0 Å². The normalized spacial score (nSPS) is 13.7. The summed E-state index contributed by atoms with van der Waals surface area (Å²) in [5.41, 5.74) is 0. The van der Waals surface area contributed by atoms with Crippen LogP contribution in [0.2, 0.25) is 0 Å². The van der Waals surface area contributed by atoms with E-state index in [1.54, 1.807) is 11.3 Å². The zero-order chi connectivity index (χ0) is 13.4. The van der Waals surface area contributed by atoms with E-state index in [0.29, 0.717) is 19.7 Å². The van der Waals surface area contributed by atoms with E-state index in [2.05, 4.69) is 5.32 Å². The molecule has 0 aliphatic carbocycles. The van der Waals surface area contributed by atoms with Crippen molar-refractivity contribution in [3.05, 3.63) is 22.4 Å². The van der Waals surface area contributed by atoms with E-state index < -0.39 is 15.9 Å². The first-order valence-electron chi connectivity index (χ1n) is 5.64. The summed E-state index contributed by atoms with van der Waals surface area (Å²) in [5.74, 6) is 0.0791. The van der Waals surface area contributed by atoms with E-state index in [0.717, 1.165) is 4.88 Å². The first-order valence-corrected chi connectivity index (χ1v) is 8.58. The third kappa shape index (κ3) is 7.78. The van der Waals surface area contributed by atoms with Gasteiger partial charge in [0.25, 0.3) is 0 Å². The predicted molar refractivity (Wildman–Crippen MR) is 72.6 cm³/mol. The van der Waals surface area contributed by atoms with Crippen molar-refractivity contribution in [2.45, 2.75) is 12.7 Å². The summed E-state index contributed by atoms with van der Waals surface area (Å²) >= 11 is 1.61. The van der Waals surface area contributed by atoms with Crippen molar-refractivity contribution in [1.29, 1.82) is 0 Å². The molecule has 0 saturated heterocycles. The summed E-state index contributed by atoms with van der Waals surface area (Å²) < 4.78 is 27.0. The summed E-state index contributed by atoms with van der Waals surface area (Å²) in [6.45, 7) is 1.42. The van der Waals surface area contributed by atoms with Crippen molar-refractivity contribution >= 4 is 21.2 Å². The van der Waals surface area contributed by atoms with Crippen LogP contribution in [0.3, 0.4) is 0 Å². The van der Waals surface area contributed by atoms with Gasteiger partial charge in [0.2, 0.25) is 0 Å². The van der Waals surface area contributed by atoms with Gasteiger partial charge in [0.05, 0.1) is 25.1 Å². The van der Waals surface area contributed by atoms with Crippen molar-refractivity contribution in [2.24, 2.45) is 0 Å². The average Bonchev–Trinajstić information content (AvgIpc) is 2.76. The van der Waals surface area contributed by atoms with Crippen LogP contribution in [-0.2, 0) is 21.2 Å². The van der Waals surface area contributed by atoms with Gasteiger partial charge in [-0.3, -0.25) is 0 Å². The van der Waals surface area contributed by atoms with Crippen LogP contribution in [0.1, 0.15) is 4.88 Å². The summed E-state index contributed by atoms with van der Waals surface area (Å²) in [4.78, 5) is 1.12. The number of nitrogens with one attached hydrogen (secondary N) is 1. The minimum atomic E-state index is -2.94. The molecule has 18 heavy (non-hydrogen) atoms. The Morgan fingerprint density at radius 2 is 2.33 bits per heavy atom. The second-order valence-corrected chi connectivity index (χ2v) is 7.37. The summed E-state index contributed by atoms with van der Waals surface area (Å²) in [6, 6.07) is 3.92. The molecule has 0 fully saturated rings. The first-order chi connectivity index (χ1) is 8.47. The zero-order valence-electron chi connectivity index (χ0n) is 10.3. The monoisotopic (exact) mass is 293 g/mol. The minimum absolute atomic E-state index is 0.0791. The van der Waals surface area contributed by atoms with Gasteiger partial charge in [0.15, 0.2) is 0 Å². The fourth-order valence-corrected chi connectivity index (χ4v) is 2.43. The molecule has 7 heteroatoms. The molecule has 0 aliphatic rings. The van der Waals surface area contributed by atoms with Gasteiger partial charge in [-0.25, -0.2) is 8.42 Å². The fourth-order valence-electron chi connectivity index (χ4n) is 1.28. The summed E-state index contributed by atoms with van der Waals surface area (Å²) in [7, 11) is -2.94. The van der Waals surface area contributed by atoms with Gasteiger partial charge >= 0.3 is 0 Å². The highest BCUT2D eigenvalue weighted by atomic mass is 32.2. The Hall–Kier alpha value is -0.470. The molecule has 5 nitrogen and oxygen atoms in total. The maximum absolute atomic E-state index is 10.9. The third-order valence-electron chi connectivity index (χ3n) is 2.16. The van der Waals surface area contributed by atoms with Gasteiger partial charge in [-0.1, -0.05) is 6.07 Å². The minimum Gasteiger partial charge on any atom is -0.389 e. The molecule has 0 spiro atoms. The molecule has 1 aromatic heterocycles. The first kappa shape index (κ1) is 15.6. The highest BCUT2D eigenvalue weighted by molar-refractivity contribution is 7.90. The van der Waals surface area contributed by atoms with Gasteiger partial charge in [0, 0.05) is 24.2 Å². The maximum Gasteiger partial charge on any atom is 0.148 e. The summed E-state index contributed by atoms with van der Waals surface area (Å²) in [5, 5.41) is 14.4. The molecule has 0 saturated carbocycles. The van der Waals surface area contributed by atoms with E-state index in [1.807, 2.05) is 17.5 Å². The molecule has 0 aliphatic heterocycles. The zero-order valence-corrected chi connectivity index (χ0v) is 12.0. The van der Waals surface area contributed by atoms with Crippen LogP contribution in [0.4, 0.5) is 0 Å². The molecule has 1 heterocycles. The lowest BCUT2D eigenvalue weighted by atomic mass is 10.4. The molecular weight excluding hydrogens is 274 g/mol. The SMILES string of the molecule is CS(=O)(=O)CCNCC(O)COCc1cccs1. The van der Waals surface area contributed by atoms with Crippen molar-refractivity contribution < 1.29 is 18.3 Å². The van der Waals surface area contributed by atoms with E-state index in [1.165, 1.54) is 6.26 Å². The largest absolute Gasteiger partial charge is 0.389 e. The number of thiophene rings is 1. The number of ether oxygens (including phenoxy) is 1. The Kier molecular flexibility index (Phi) is 6.80. The van der Waals surface area contributed by atoms with Crippen molar-refractivity contribution in [3.8, 4) is 0 Å². The molecule has 1 aromatic rings. The van der Waals surface area contributed by atoms with E-state index in [9.17, 15) is 13.5 Å². The van der Waals surface area contributed by atoms with E-state index >= 15 is 0 Å². The lowest BCUT2D eigenvalue weighted by Gasteiger charge is -2.11. The van der Waals surface area contributed by atoms with Gasteiger partial charge in [-0.15, -0.1) is 11.3 Å². The molecule has 104 valence electrons. The summed E-state index contributed by atoms with van der Waals surface area (Å²) in [6.07, 6.45) is 0.569. The number of rotatable bonds is 9. The number of sulfone groups is 1. The Balaban J connectivity index is 2.02. The Morgan fingerprint density at radius 3 is 2.94 bits per heavy atom. The number of hydrogen-bond acceptors (Lipinski definition) is 6. The highest BCUT2D eigenvalue weighted by Crippen LogP contribution is 2.09. The van der Waals surface area contributed by atoms with Crippen LogP contribution < -0.4 is 5.32 Å². The molecular formula is C11H19NO4S2. The standard InChI is InChI=1S/C11H19NO4S2/c1-18(14,15)6-4-12-7-10(13)8-16-9-11-3-2-5-17-11/h2-3,5,10,12-13H,4,6-9H2,1H3. The predicted octanol–water partition coefficient (Wildman–Crippen LogP) is 0.260. The fraction of sp³-hybridized carbons (Fsp3) is 0.636. The van der Waals surface area contributed by atoms with Crippen LogP contribution in [0, 0.1) is 0 Å². The Labute approximate surface area is 112 Å². The van der Waals surface area contributed by atoms with Crippen LogP contribution in [0.25, 0.3) is 0 Å². The highest BCUT2D eigenvalue weighted by Gasteiger charge is 2.06. The average molecular weight is 293 g/mol. The number of hydrogen-bond donors (Lipinski definition) is 2. The van der Waals surface area contributed by atoms with Crippen molar-refractivity contribution in [3.63, 3.8) is 0 Å². The Morgan fingerprint density at radius 1 is 1.56 bits per heavy atom. The molecule has 0 radical (unpaired) electrons. The van der Waals surface area contributed by atoms with Gasteiger partial charge in [-0.05, 0) is 11.4 Å². The van der Waals surface area contributed by atoms with Gasteiger partial charge < -0.3 is 15.2 Å². The molecule has 0 amide bonds. The number of aliphatic hydroxyl groups excluding tert-OH is 1. The molecule has 2 N–H and O–H groups in total. The lowest BCUT2D eigenvalue weighted by molar-refractivity contribution is 0.0301. The van der Waals surface area contributed by atoms with Crippen LogP contribution in [0.15, 0.2) is 17.5 Å². The van der Waals surface area contributed by atoms with Crippen molar-refractivity contribution in [1.82, 2.24) is 5.32 Å². The quantitative estimate of drug-likeness (QED) is 0.639. The second kappa shape index (κ2) is 7.85. The van der Waals surface area contributed by atoms with E-state index in [-0.39, 0.29) is 12.4 Å². The smallest absolute Gasteiger partial charge is 0.148 e. The van der Waals surface area contributed by atoms with Gasteiger partial charge in [0.1, 0.15) is 9.84 Å². The molecule has 1 unspecified atom stereocenters. The molecule has 1 atom stereocenters. The maximum atomic E-state index is 10.9. The molecule has 1 rings (SSSR count). The van der Waals surface area contributed by atoms with Crippen LogP contribution in [-0.4, -0.2) is 51.3 Å².